The SMILES string of the molecule is Cc1cccn2cc(CN3CC(O)CC3C(=O)O)nc12. The molecule has 0 spiro atoms. The number of hydrogen-bond donors (Lipinski definition) is 2. The molecule has 1 saturated heterocycles. The molecule has 20 heavy (non-hydrogen) atoms. The monoisotopic (exact) mass is 275 g/mol. The summed E-state index contributed by atoms with van der Waals surface area (Å²) < 4.78 is 1.94. The maximum atomic E-state index is 11.2. The highest BCUT2D eigenvalue weighted by atomic mass is 16.4. The molecule has 0 saturated carbocycles. The summed E-state index contributed by atoms with van der Waals surface area (Å²) >= 11 is 0. The van der Waals surface area contributed by atoms with Crippen LogP contribution in [0, 0.1) is 6.92 Å². The number of pyridine rings is 1. The zero-order valence-corrected chi connectivity index (χ0v) is 11.2. The molecule has 2 atom stereocenters. The minimum atomic E-state index is -0.888. The highest BCUT2D eigenvalue weighted by Gasteiger charge is 2.36. The summed E-state index contributed by atoms with van der Waals surface area (Å²) in [5.74, 6) is -0.888. The van der Waals surface area contributed by atoms with Crippen LogP contribution in [0.1, 0.15) is 17.7 Å². The number of aliphatic hydroxyl groups is 1. The van der Waals surface area contributed by atoms with Crippen molar-refractivity contribution < 1.29 is 15.0 Å². The maximum absolute atomic E-state index is 11.2. The van der Waals surface area contributed by atoms with Gasteiger partial charge in [0.15, 0.2) is 0 Å². The first-order chi connectivity index (χ1) is 9.54. The summed E-state index contributed by atoms with van der Waals surface area (Å²) in [7, 11) is 0. The molecule has 0 aliphatic carbocycles. The number of hydrogen-bond acceptors (Lipinski definition) is 4. The number of rotatable bonds is 3. The van der Waals surface area contributed by atoms with E-state index in [0.29, 0.717) is 13.1 Å². The molecule has 1 aliphatic heterocycles. The molecule has 6 heteroatoms. The zero-order chi connectivity index (χ0) is 14.3. The van der Waals surface area contributed by atoms with Crippen molar-refractivity contribution in [3.8, 4) is 0 Å². The number of imidazole rings is 1. The van der Waals surface area contributed by atoms with Crippen LogP contribution in [-0.4, -0.2) is 49.2 Å². The Hall–Kier alpha value is -1.92. The Kier molecular flexibility index (Phi) is 3.19. The molecular weight excluding hydrogens is 258 g/mol. The number of aromatic nitrogens is 2. The Balaban J connectivity index is 1.85. The molecular formula is C14H17N3O3. The van der Waals surface area contributed by atoms with Gasteiger partial charge in [-0.3, -0.25) is 9.69 Å². The van der Waals surface area contributed by atoms with Crippen molar-refractivity contribution in [2.75, 3.05) is 6.54 Å². The van der Waals surface area contributed by atoms with E-state index in [9.17, 15) is 15.0 Å². The molecule has 2 unspecified atom stereocenters. The minimum Gasteiger partial charge on any atom is -0.480 e. The third-order valence-corrected chi connectivity index (χ3v) is 3.76. The minimum absolute atomic E-state index is 0.279. The van der Waals surface area contributed by atoms with E-state index in [1.54, 1.807) is 4.90 Å². The Labute approximate surface area is 116 Å². The van der Waals surface area contributed by atoms with Crippen LogP contribution >= 0.6 is 0 Å². The number of aryl methyl sites for hydroxylation is 1. The van der Waals surface area contributed by atoms with Crippen molar-refractivity contribution in [1.82, 2.24) is 14.3 Å². The van der Waals surface area contributed by atoms with Crippen LogP contribution in [0.25, 0.3) is 5.65 Å². The molecule has 106 valence electrons. The summed E-state index contributed by atoms with van der Waals surface area (Å²) in [5, 5.41) is 18.8. The number of aliphatic carboxylic acids is 1. The Bertz CT molecular complexity index is 652. The molecule has 1 fully saturated rings. The van der Waals surface area contributed by atoms with Gasteiger partial charge < -0.3 is 14.6 Å². The van der Waals surface area contributed by atoms with Gasteiger partial charge in [0, 0.05) is 31.9 Å². The van der Waals surface area contributed by atoms with Gasteiger partial charge in [0.1, 0.15) is 11.7 Å². The quantitative estimate of drug-likeness (QED) is 0.860. The molecule has 0 amide bonds. The van der Waals surface area contributed by atoms with Crippen LogP contribution in [0.15, 0.2) is 24.5 Å². The fraction of sp³-hybridized carbons (Fsp3) is 0.429. The largest absolute Gasteiger partial charge is 0.480 e. The van der Waals surface area contributed by atoms with E-state index in [1.165, 1.54) is 0 Å². The van der Waals surface area contributed by atoms with Gasteiger partial charge in [-0.1, -0.05) is 6.07 Å². The average molecular weight is 275 g/mol. The number of β-amino-alcohol motifs (C(OH)–C–C–N with tert-alkyl or cyclic N) is 1. The van der Waals surface area contributed by atoms with Crippen molar-refractivity contribution in [3.05, 3.63) is 35.8 Å². The molecule has 6 nitrogen and oxygen atoms in total. The van der Waals surface area contributed by atoms with Gasteiger partial charge in [-0.2, -0.15) is 0 Å². The van der Waals surface area contributed by atoms with Crippen LogP contribution in [0.2, 0.25) is 0 Å². The van der Waals surface area contributed by atoms with Crippen LogP contribution in [0.4, 0.5) is 0 Å². The van der Waals surface area contributed by atoms with Crippen molar-refractivity contribution >= 4 is 11.6 Å². The Morgan fingerprint density at radius 1 is 1.55 bits per heavy atom. The van der Waals surface area contributed by atoms with Crippen molar-refractivity contribution in [3.63, 3.8) is 0 Å². The number of fused-ring (bicyclic) bond motifs is 1. The smallest absolute Gasteiger partial charge is 0.321 e. The number of carboxylic acid groups (broad SMARTS) is 1. The van der Waals surface area contributed by atoms with Gasteiger partial charge >= 0.3 is 5.97 Å². The van der Waals surface area contributed by atoms with Crippen LogP contribution in [0.5, 0.6) is 0 Å². The molecule has 1 aliphatic rings. The molecule has 0 radical (unpaired) electrons. The first kappa shape index (κ1) is 13.1. The van der Waals surface area contributed by atoms with E-state index in [-0.39, 0.29) is 6.42 Å². The van der Waals surface area contributed by atoms with E-state index < -0.39 is 18.1 Å². The highest BCUT2D eigenvalue weighted by Crippen LogP contribution is 2.21. The van der Waals surface area contributed by atoms with Crippen molar-refractivity contribution in [2.45, 2.75) is 32.0 Å². The van der Waals surface area contributed by atoms with Crippen molar-refractivity contribution in [1.29, 1.82) is 0 Å². The lowest BCUT2D eigenvalue weighted by Gasteiger charge is -2.19. The Morgan fingerprint density at radius 2 is 2.35 bits per heavy atom. The molecule has 0 bridgehead atoms. The van der Waals surface area contributed by atoms with Gasteiger partial charge in [-0.25, -0.2) is 4.98 Å². The highest BCUT2D eigenvalue weighted by molar-refractivity contribution is 5.74. The maximum Gasteiger partial charge on any atom is 0.321 e. The van der Waals surface area contributed by atoms with E-state index in [0.717, 1.165) is 16.9 Å². The van der Waals surface area contributed by atoms with Crippen molar-refractivity contribution in [2.24, 2.45) is 0 Å². The first-order valence-electron chi connectivity index (χ1n) is 6.62. The normalized spacial score (nSPS) is 23.5. The molecule has 3 heterocycles. The molecule has 2 N–H and O–H groups in total. The summed E-state index contributed by atoms with van der Waals surface area (Å²) in [6.45, 7) is 2.81. The number of nitrogens with zero attached hydrogens (tertiary/aromatic N) is 3. The second-order valence-corrected chi connectivity index (χ2v) is 5.33. The summed E-state index contributed by atoms with van der Waals surface area (Å²) in [4.78, 5) is 17.5. The standard InChI is InChI=1S/C14H17N3O3/c1-9-3-2-4-16-6-10(15-13(9)16)7-17-8-11(18)5-12(17)14(19)20/h2-4,6,11-12,18H,5,7-8H2,1H3,(H,19,20). The predicted molar refractivity (Wildman–Crippen MR) is 72.4 cm³/mol. The lowest BCUT2D eigenvalue weighted by Crippen LogP contribution is -2.35. The van der Waals surface area contributed by atoms with Gasteiger partial charge in [-0.15, -0.1) is 0 Å². The third kappa shape index (κ3) is 2.28. The summed E-state index contributed by atoms with van der Waals surface area (Å²) in [6, 6.07) is 3.31. The second kappa shape index (κ2) is 4.88. The number of carbonyl (C=O) groups is 1. The predicted octanol–water partition coefficient (Wildman–Crippen LogP) is 0.663. The average Bonchev–Trinajstić information content (AvgIpc) is 2.94. The molecule has 0 aromatic carbocycles. The molecule has 2 aromatic rings. The number of carboxylic acids is 1. The molecule has 2 aromatic heterocycles. The number of aliphatic hydroxyl groups excluding tert-OH is 1. The van der Waals surface area contributed by atoms with Crippen LogP contribution in [-0.2, 0) is 11.3 Å². The topological polar surface area (TPSA) is 78.1 Å². The fourth-order valence-corrected chi connectivity index (χ4v) is 2.80. The van der Waals surface area contributed by atoms with Crippen LogP contribution < -0.4 is 0 Å². The van der Waals surface area contributed by atoms with Gasteiger partial charge in [0.2, 0.25) is 0 Å². The summed E-state index contributed by atoms with van der Waals surface area (Å²) in [5.41, 5.74) is 2.78. The Morgan fingerprint density at radius 3 is 3.05 bits per heavy atom. The van der Waals surface area contributed by atoms with Crippen LogP contribution in [0.3, 0.4) is 0 Å². The van der Waals surface area contributed by atoms with Gasteiger partial charge in [0.25, 0.3) is 0 Å². The lowest BCUT2D eigenvalue weighted by molar-refractivity contribution is -0.142. The van der Waals surface area contributed by atoms with Gasteiger partial charge in [0.05, 0.1) is 11.8 Å². The first-order valence-corrected chi connectivity index (χ1v) is 6.62. The zero-order valence-electron chi connectivity index (χ0n) is 11.2. The van der Waals surface area contributed by atoms with E-state index in [2.05, 4.69) is 4.98 Å². The van der Waals surface area contributed by atoms with E-state index in [4.69, 9.17) is 0 Å². The number of likely N-dealkylation sites (tertiary alicyclic amines) is 1. The summed E-state index contributed by atoms with van der Waals surface area (Å²) in [6.07, 6.45) is 3.54. The van der Waals surface area contributed by atoms with E-state index >= 15 is 0 Å². The second-order valence-electron chi connectivity index (χ2n) is 5.33. The van der Waals surface area contributed by atoms with Gasteiger partial charge in [-0.05, 0) is 18.6 Å². The molecule has 3 rings (SSSR count). The van der Waals surface area contributed by atoms with E-state index in [1.807, 2.05) is 35.9 Å². The fourth-order valence-electron chi connectivity index (χ4n) is 2.80. The lowest BCUT2D eigenvalue weighted by atomic mass is 10.2. The third-order valence-electron chi connectivity index (χ3n) is 3.76.